The van der Waals surface area contributed by atoms with Crippen LogP contribution in [0.4, 0.5) is 0 Å². The first-order valence-electron chi connectivity index (χ1n) is 9.02. The lowest BCUT2D eigenvalue weighted by molar-refractivity contribution is -0.0499. The van der Waals surface area contributed by atoms with Gasteiger partial charge in [0.25, 0.3) is 0 Å². The Hall–Kier alpha value is -0.380. The van der Waals surface area contributed by atoms with Gasteiger partial charge in [-0.25, -0.2) is 0 Å². The molecular weight excluding hydrogens is 276 g/mol. The highest BCUT2D eigenvalue weighted by Gasteiger charge is 2.51. The summed E-state index contributed by atoms with van der Waals surface area (Å²) >= 11 is 0. The molecule has 4 unspecified atom stereocenters. The largest absolute Gasteiger partial charge is 0.393 e. The van der Waals surface area contributed by atoms with Crippen molar-refractivity contribution in [1.82, 2.24) is 0 Å². The molecule has 22 heavy (non-hydrogen) atoms. The summed E-state index contributed by atoms with van der Waals surface area (Å²) in [6, 6.07) is 0. The topological polar surface area (TPSA) is 49.7 Å². The third-order valence-corrected chi connectivity index (χ3v) is 6.56. The van der Waals surface area contributed by atoms with E-state index >= 15 is 0 Å². The van der Waals surface area contributed by atoms with Gasteiger partial charge < -0.3 is 14.9 Å². The van der Waals surface area contributed by atoms with Crippen LogP contribution in [-0.2, 0) is 4.74 Å². The summed E-state index contributed by atoms with van der Waals surface area (Å²) < 4.78 is 5.79. The summed E-state index contributed by atoms with van der Waals surface area (Å²) in [5, 5.41) is 20.6. The molecule has 0 saturated heterocycles. The van der Waals surface area contributed by atoms with Crippen molar-refractivity contribution in [1.29, 1.82) is 0 Å². The molecule has 3 heteroatoms. The van der Waals surface area contributed by atoms with Gasteiger partial charge in [-0.2, -0.15) is 0 Å². The van der Waals surface area contributed by atoms with E-state index in [2.05, 4.69) is 13.5 Å². The van der Waals surface area contributed by atoms with E-state index in [9.17, 15) is 10.2 Å². The number of ether oxygens (including phenoxy) is 1. The highest BCUT2D eigenvalue weighted by molar-refractivity contribution is 5.14. The Morgan fingerprint density at radius 3 is 2.59 bits per heavy atom. The molecule has 0 aromatic heterocycles. The highest BCUT2D eigenvalue weighted by atomic mass is 16.5. The average molecular weight is 310 g/mol. The molecule has 2 saturated carbocycles. The third kappa shape index (κ3) is 3.42. The monoisotopic (exact) mass is 310 g/mol. The van der Waals surface area contributed by atoms with Crippen LogP contribution in [0.1, 0.15) is 65.7 Å². The SMILES string of the molecule is C=C(COCC(O)(CC)CC)C1CCC2C(O)CCCC12C. The summed E-state index contributed by atoms with van der Waals surface area (Å²) in [5.41, 5.74) is 0.626. The first-order chi connectivity index (χ1) is 10.4. The molecule has 2 rings (SSSR count). The minimum Gasteiger partial charge on any atom is -0.393 e. The molecule has 3 nitrogen and oxygen atoms in total. The molecule has 2 aliphatic rings. The van der Waals surface area contributed by atoms with Gasteiger partial charge in [-0.3, -0.25) is 0 Å². The van der Waals surface area contributed by atoms with Gasteiger partial charge in [-0.05, 0) is 61.3 Å². The molecule has 2 fully saturated rings. The van der Waals surface area contributed by atoms with E-state index in [0.717, 1.165) is 31.3 Å². The van der Waals surface area contributed by atoms with Gasteiger partial charge in [-0.1, -0.05) is 33.8 Å². The number of aliphatic hydroxyl groups excluding tert-OH is 1. The maximum absolute atomic E-state index is 10.3. The van der Waals surface area contributed by atoms with Gasteiger partial charge in [-0.15, -0.1) is 0 Å². The second-order valence-electron chi connectivity index (χ2n) is 7.78. The third-order valence-electron chi connectivity index (χ3n) is 6.56. The molecule has 0 amide bonds. The maximum Gasteiger partial charge on any atom is 0.0875 e. The lowest BCUT2D eigenvalue weighted by Crippen LogP contribution is -2.40. The van der Waals surface area contributed by atoms with Crippen LogP contribution in [0.5, 0.6) is 0 Å². The van der Waals surface area contributed by atoms with Crippen molar-refractivity contribution >= 4 is 0 Å². The Kier molecular flexibility index (Phi) is 5.73. The summed E-state index contributed by atoms with van der Waals surface area (Å²) in [6.45, 7) is 11.5. The molecular formula is C19H34O3. The molecule has 128 valence electrons. The van der Waals surface area contributed by atoms with Crippen LogP contribution in [0.2, 0.25) is 0 Å². The zero-order valence-electron chi connectivity index (χ0n) is 14.6. The Labute approximate surface area is 135 Å². The molecule has 0 aromatic rings. The second kappa shape index (κ2) is 7.02. The van der Waals surface area contributed by atoms with Crippen LogP contribution < -0.4 is 0 Å². The predicted molar refractivity (Wildman–Crippen MR) is 89.7 cm³/mol. The summed E-state index contributed by atoms with van der Waals surface area (Å²) in [7, 11) is 0. The fourth-order valence-corrected chi connectivity index (χ4v) is 4.75. The van der Waals surface area contributed by atoms with Crippen LogP contribution in [0.15, 0.2) is 12.2 Å². The van der Waals surface area contributed by atoms with Gasteiger partial charge >= 0.3 is 0 Å². The Bertz CT molecular complexity index is 388. The van der Waals surface area contributed by atoms with Gasteiger partial charge in [0.2, 0.25) is 0 Å². The molecule has 0 radical (unpaired) electrons. The quantitative estimate of drug-likeness (QED) is 0.705. The van der Waals surface area contributed by atoms with Crippen molar-refractivity contribution in [3.63, 3.8) is 0 Å². The van der Waals surface area contributed by atoms with Gasteiger partial charge in [0.15, 0.2) is 0 Å². The van der Waals surface area contributed by atoms with Crippen molar-refractivity contribution in [3.05, 3.63) is 12.2 Å². The zero-order valence-corrected chi connectivity index (χ0v) is 14.6. The Morgan fingerprint density at radius 2 is 1.95 bits per heavy atom. The minimum atomic E-state index is -0.705. The van der Waals surface area contributed by atoms with Crippen molar-refractivity contribution < 1.29 is 14.9 Å². The van der Waals surface area contributed by atoms with Crippen LogP contribution in [0.25, 0.3) is 0 Å². The first kappa shape index (κ1) is 18.0. The summed E-state index contributed by atoms with van der Waals surface area (Å²) in [4.78, 5) is 0. The summed E-state index contributed by atoms with van der Waals surface area (Å²) in [6.07, 6.45) is 6.77. The molecule has 0 spiro atoms. The Morgan fingerprint density at radius 1 is 1.27 bits per heavy atom. The fourth-order valence-electron chi connectivity index (χ4n) is 4.75. The van der Waals surface area contributed by atoms with Gasteiger partial charge in [0.1, 0.15) is 0 Å². The van der Waals surface area contributed by atoms with E-state index in [-0.39, 0.29) is 11.5 Å². The minimum absolute atomic E-state index is 0.136. The van der Waals surface area contributed by atoms with Crippen LogP contribution in [0.3, 0.4) is 0 Å². The lowest BCUT2D eigenvalue weighted by Gasteiger charge is -2.44. The average Bonchev–Trinajstić information content (AvgIpc) is 2.85. The van der Waals surface area contributed by atoms with Crippen LogP contribution >= 0.6 is 0 Å². The van der Waals surface area contributed by atoms with Gasteiger partial charge in [0.05, 0.1) is 24.9 Å². The van der Waals surface area contributed by atoms with Crippen LogP contribution in [0, 0.1) is 17.3 Å². The van der Waals surface area contributed by atoms with Gasteiger partial charge in [0, 0.05) is 0 Å². The van der Waals surface area contributed by atoms with Crippen molar-refractivity contribution in [2.24, 2.45) is 17.3 Å². The highest BCUT2D eigenvalue weighted by Crippen LogP contribution is 2.57. The van der Waals surface area contributed by atoms with E-state index in [0.29, 0.717) is 37.9 Å². The second-order valence-corrected chi connectivity index (χ2v) is 7.78. The van der Waals surface area contributed by atoms with Crippen molar-refractivity contribution in [2.75, 3.05) is 13.2 Å². The Balaban J connectivity index is 1.90. The lowest BCUT2D eigenvalue weighted by atomic mass is 9.63. The van der Waals surface area contributed by atoms with Crippen molar-refractivity contribution in [2.45, 2.75) is 77.4 Å². The van der Waals surface area contributed by atoms with E-state index in [1.807, 2.05) is 13.8 Å². The molecule has 0 bridgehead atoms. The molecule has 0 aliphatic heterocycles. The molecule has 0 heterocycles. The number of fused-ring (bicyclic) bond motifs is 1. The molecule has 2 aliphatic carbocycles. The van der Waals surface area contributed by atoms with E-state index in [1.54, 1.807) is 0 Å². The first-order valence-corrected chi connectivity index (χ1v) is 9.02. The maximum atomic E-state index is 10.3. The summed E-state index contributed by atoms with van der Waals surface area (Å²) in [5.74, 6) is 0.870. The molecule has 2 N–H and O–H groups in total. The van der Waals surface area contributed by atoms with Crippen molar-refractivity contribution in [3.8, 4) is 0 Å². The molecule has 0 aromatic carbocycles. The fraction of sp³-hybridized carbons (Fsp3) is 0.895. The number of hydrogen-bond acceptors (Lipinski definition) is 3. The number of hydrogen-bond donors (Lipinski definition) is 2. The zero-order chi connectivity index (χ0) is 16.4. The standard InChI is InChI=1S/C19H34O3/c1-5-19(21,6-2)13-22-12-14(3)15-9-10-16-17(20)8-7-11-18(15,16)4/h15-17,20-21H,3,5-13H2,1-2,4H3. The predicted octanol–water partition coefficient (Wildman–Crippen LogP) is 3.69. The van der Waals surface area contributed by atoms with E-state index in [4.69, 9.17) is 4.74 Å². The number of aliphatic hydroxyl groups is 2. The van der Waals surface area contributed by atoms with E-state index < -0.39 is 5.60 Å². The number of rotatable bonds is 7. The molecule has 4 atom stereocenters. The smallest absolute Gasteiger partial charge is 0.0875 e. The van der Waals surface area contributed by atoms with Crippen LogP contribution in [-0.4, -0.2) is 35.1 Å². The normalized spacial score (nSPS) is 35.4. The van der Waals surface area contributed by atoms with E-state index in [1.165, 1.54) is 6.42 Å².